The Balaban J connectivity index is 1.27. The highest BCUT2D eigenvalue weighted by Gasteiger charge is 2.40. The van der Waals surface area contributed by atoms with Gasteiger partial charge in [-0.1, -0.05) is 28.3 Å². The molecule has 0 saturated carbocycles. The Morgan fingerprint density at radius 1 is 1.18 bits per heavy atom. The number of aryl methyl sites for hydroxylation is 2. The molecule has 0 atom stereocenters. The molecule has 0 bridgehead atoms. The molecule has 14 heteroatoms. The average Bonchev–Trinajstić information content (AvgIpc) is 3.57. The number of piperidine rings is 1. The smallest absolute Gasteiger partial charge is 0.407 e. The standard InChI is InChI=1S/C26H26FN7O4S2/c1-15-3-7-28-19(11-15)32-24-30-13-20(40-24)39-17-4-8-29-22(21(17)27)23(35)31-14-26(18-12-16(2)38-33-18)5-9-34(10-6-26)25(36)37/h3-4,7-8,11-13H,5-6,9-10,14H2,1-2H3,(H,31,35)(H,36,37)(H,28,30,32). The summed E-state index contributed by atoms with van der Waals surface area (Å²) in [6.45, 7) is 4.41. The SMILES string of the molecule is Cc1ccnc(Nc2ncc(Sc3ccnc(C(=O)NCC4(c5cc(C)on5)CCN(C(=O)O)CC4)c3F)s2)c1. The molecule has 40 heavy (non-hydrogen) atoms. The lowest BCUT2D eigenvalue weighted by molar-refractivity contribution is 0.0893. The zero-order chi connectivity index (χ0) is 28.3. The van der Waals surface area contributed by atoms with E-state index in [-0.39, 0.29) is 30.2 Å². The van der Waals surface area contributed by atoms with E-state index in [4.69, 9.17) is 4.52 Å². The molecular weight excluding hydrogens is 557 g/mol. The van der Waals surface area contributed by atoms with E-state index in [9.17, 15) is 14.7 Å². The number of halogens is 1. The molecule has 0 unspecified atom stereocenters. The first-order chi connectivity index (χ1) is 19.2. The van der Waals surface area contributed by atoms with Crippen LogP contribution in [0.15, 0.2) is 56.5 Å². The molecule has 11 nitrogen and oxygen atoms in total. The number of anilines is 2. The first-order valence-corrected chi connectivity index (χ1v) is 14.0. The van der Waals surface area contributed by atoms with Crippen LogP contribution in [-0.4, -0.2) is 61.7 Å². The lowest BCUT2D eigenvalue weighted by atomic mass is 9.75. The molecule has 0 radical (unpaired) electrons. The van der Waals surface area contributed by atoms with Gasteiger partial charge in [-0.05, 0) is 50.5 Å². The molecular formula is C26H26FN7O4S2. The van der Waals surface area contributed by atoms with Crippen molar-refractivity contribution in [3.05, 3.63) is 71.4 Å². The van der Waals surface area contributed by atoms with Crippen molar-refractivity contribution in [3.63, 3.8) is 0 Å². The van der Waals surface area contributed by atoms with E-state index < -0.39 is 23.2 Å². The third kappa shape index (κ3) is 6.07. The second-order valence-electron chi connectivity index (χ2n) is 9.46. The van der Waals surface area contributed by atoms with Gasteiger partial charge in [-0.25, -0.2) is 24.1 Å². The van der Waals surface area contributed by atoms with Gasteiger partial charge in [0.25, 0.3) is 5.91 Å². The van der Waals surface area contributed by atoms with Crippen molar-refractivity contribution in [3.8, 4) is 0 Å². The highest BCUT2D eigenvalue weighted by atomic mass is 32.2. The number of carbonyl (C=O) groups is 2. The molecule has 3 N–H and O–H groups in total. The van der Waals surface area contributed by atoms with Gasteiger partial charge in [0, 0.05) is 43.5 Å². The first kappa shape index (κ1) is 27.5. The number of likely N-dealkylation sites (tertiary alicyclic amines) is 1. The van der Waals surface area contributed by atoms with Crippen LogP contribution >= 0.6 is 23.1 Å². The van der Waals surface area contributed by atoms with Gasteiger partial charge < -0.3 is 25.2 Å². The van der Waals surface area contributed by atoms with Gasteiger partial charge in [-0.2, -0.15) is 0 Å². The topological polar surface area (TPSA) is 146 Å². The minimum atomic E-state index is -0.995. The maximum Gasteiger partial charge on any atom is 0.407 e. The Labute approximate surface area is 237 Å². The van der Waals surface area contributed by atoms with E-state index >= 15 is 4.39 Å². The van der Waals surface area contributed by atoms with E-state index in [1.54, 1.807) is 25.4 Å². The maximum atomic E-state index is 15.4. The molecule has 1 saturated heterocycles. The molecule has 1 aliphatic rings. The molecule has 2 amide bonds. The molecule has 208 valence electrons. The fourth-order valence-electron chi connectivity index (χ4n) is 4.45. The fraction of sp³-hybridized carbons (Fsp3) is 0.308. The zero-order valence-corrected chi connectivity index (χ0v) is 23.3. The van der Waals surface area contributed by atoms with Crippen molar-refractivity contribution in [2.75, 3.05) is 25.0 Å². The number of hydrogen-bond donors (Lipinski definition) is 3. The van der Waals surface area contributed by atoms with Gasteiger partial charge >= 0.3 is 6.09 Å². The molecule has 4 aromatic heterocycles. The van der Waals surface area contributed by atoms with Crippen LogP contribution in [0.1, 0.15) is 40.3 Å². The van der Waals surface area contributed by atoms with Crippen molar-refractivity contribution >= 4 is 46.0 Å². The van der Waals surface area contributed by atoms with E-state index in [0.717, 1.165) is 21.5 Å². The normalized spacial score (nSPS) is 14.6. The van der Waals surface area contributed by atoms with Crippen LogP contribution in [0.2, 0.25) is 0 Å². The number of hydrogen-bond acceptors (Lipinski definition) is 10. The molecule has 0 aliphatic carbocycles. The van der Waals surface area contributed by atoms with Gasteiger partial charge in [-0.3, -0.25) is 4.79 Å². The second-order valence-corrected chi connectivity index (χ2v) is 11.8. The second kappa shape index (κ2) is 11.6. The van der Waals surface area contributed by atoms with Crippen molar-refractivity contribution in [2.45, 2.75) is 41.2 Å². The van der Waals surface area contributed by atoms with Gasteiger partial charge in [0.2, 0.25) is 0 Å². The van der Waals surface area contributed by atoms with Crippen molar-refractivity contribution < 1.29 is 23.6 Å². The summed E-state index contributed by atoms with van der Waals surface area (Å²) in [5.74, 6) is -0.139. The predicted octanol–water partition coefficient (Wildman–Crippen LogP) is 5.01. The number of amides is 2. The molecule has 5 heterocycles. The van der Waals surface area contributed by atoms with Crippen LogP contribution < -0.4 is 10.6 Å². The zero-order valence-electron chi connectivity index (χ0n) is 21.7. The van der Waals surface area contributed by atoms with Gasteiger partial charge in [-0.15, -0.1) is 0 Å². The quantitative estimate of drug-likeness (QED) is 0.259. The number of aromatic nitrogens is 4. The summed E-state index contributed by atoms with van der Waals surface area (Å²) in [7, 11) is 0. The Bertz CT molecular complexity index is 1530. The van der Waals surface area contributed by atoms with Crippen LogP contribution in [0.4, 0.5) is 20.1 Å². The summed E-state index contributed by atoms with van der Waals surface area (Å²) in [6.07, 6.45) is 4.58. The highest BCUT2D eigenvalue weighted by molar-refractivity contribution is 8.01. The lowest BCUT2D eigenvalue weighted by Crippen LogP contribution is -2.50. The fourth-order valence-corrected chi connectivity index (χ4v) is 6.32. The summed E-state index contributed by atoms with van der Waals surface area (Å²) >= 11 is 2.48. The average molecular weight is 584 g/mol. The predicted molar refractivity (Wildman–Crippen MR) is 147 cm³/mol. The lowest BCUT2D eigenvalue weighted by Gasteiger charge is -2.39. The number of carboxylic acid groups (broad SMARTS) is 1. The minimum Gasteiger partial charge on any atom is -0.465 e. The number of rotatable bonds is 8. The van der Waals surface area contributed by atoms with Crippen LogP contribution in [-0.2, 0) is 5.41 Å². The molecule has 1 fully saturated rings. The summed E-state index contributed by atoms with van der Waals surface area (Å²) < 4.78 is 21.4. The van der Waals surface area contributed by atoms with E-state index in [1.165, 1.54) is 28.5 Å². The number of pyridine rings is 2. The highest BCUT2D eigenvalue weighted by Crippen LogP contribution is 2.37. The van der Waals surface area contributed by atoms with Gasteiger partial charge in [0.05, 0.1) is 21.0 Å². The van der Waals surface area contributed by atoms with Gasteiger partial charge in [0.15, 0.2) is 16.6 Å². The first-order valence-electron chi connectivity index (χ1n) is 12.4. The summed E-state index contributed by atoms with van der Waals surface area (Å²) in [6, 6.07) is 7.08. The minimum absolute atomic E-state index is 0.126. The Kier molecular flexibility index (Phi) is 7.98. The molecule has 1 aliphatic heterocycles. The van der Waals surface area contributed by atoms with E-state index in [2.05, 4.69) is 30.7 Å². The van der Waals surface area contributed by atoms with Crippen LogP contribution in [0.3, 0.4) is 0 Å². The van der Waals surface area contributed by atoms with Gasteiger partial charge in [0.1, 0.15) is 11.6 Å². The number of nitrogens with one attached hydrogen (secondary N) is 2. The van der Waals surface area contributed by atoms with E-state index in [0.29, 0.717) is 35.2 Å². The summed E-state index contributed by atoms with van der Waals surface area (Å²) in [4.78, 5) is 38.7. The molecule has 5 rings (SSSR count). The van der Waals surface area contributed by atoms with Crippen LogP contribution in [0.25, 0.3) is 0 Å². The molecule has 0 aromatic carbocycles. The van der Waals surface area contributed by atoms with Crippen molar-refractivity contribution in [1.29, 1.82) is 0 Å². The third-order valence-corrected chi connectivity index (χ3v) is 8.71. The number of thiazole rings is 1. The Hall–Kier alpha value is -4.04. The molecule has 4 aromatic rings. The summed E-state index contributed by atoms with van der Waals surface area (Å²) in [5, 5.41) is 20.0. The van der Waals surface area contributed by atoms with Crippen LogP contribution in [0, 0.1) is 19.7 Å². The van der Waals surface area contributed by atoms with Crippen molar-refractivity contribution in [2.24, 2.45) is 0 Å². The van der Waals surface area contributed by atoms with E-state index in [1.807, 2.05) is 19.1 Å². The Morgan fingerprint density at radius 2 is 1.95 bits per heavy atom. The maximum absolute atomic E-state index is 15.4. The van der Waals surface area contributed by atoms with Crippen molar-refractivity contribution in [1.82, 2.24) is 30.3 Å². The van der Waals surface area contributed by atoms with Crippen LogP contribution in [0.5, 0.6) is 0 Å². The Morgan fingerprint density at radius 3 is 2.65 bits per heavy atom. The molecule has 0 spiro atoms. The number of nitrogens with zero attached hydrogens (tertiary/aromatic N) is 5. The monoisotopic (exact) mass is 583 g/mol. The largest absolute Gasteiger partial charge is 0.465 e. The summed E-state index contributed by atoms with van der Waals surface area (Å²) in [5.41, 5.74) is 0.705. The number of carbonyl (C=O) groups excluding carboxylic acids is 1. The third-order valence-electron chi connectivity index (χ3n) is 6.66.